The van der Waals surface area contributed by atoms with E-state index in [2.05, 4.69) is 54.8 Å². The van der Waals surface area contributed by atoms with E-state index >= 15 is 0 Å². The molecule has 3 aromatic carbocycles. The molecular weight excluding hydrogens is 458 g/mol. The van der Waals surface area contributed by atoms with Crippen molar-refractivity contribution in [3.8, 4) is 0 Å². The molecule has 0 aliphatic carbocycles. The molecule has 0 saturated carbocycles. The summed E-state index contributed by atoms with van der Waals surface area (Å²) in [5, 5.41) is 12.7. The van der Waals surface area contributed by atoms with E-state index in [9.17, 15) is 5.11 Å². The van der Waals surface area contributed by atoms with E-state index in [0.29, 0.717) is 10.3 Å². The molecule has 0 saturated heterocycles. The van der Waals surface area contributed by atoms with Gasteiger partial charge in [-0.15, -0.1) is 0 Å². The van der Waals surface area contributed by atoms with Crippen molar-refractivity contribution in [1.29, 1.82) is 0 Å². The molecule has 174 valence electrons. The van der Waals surface area contributed by atoms with Gasteiger partial charge in [0.25, 0.3) is 0 Å². The topological polar surface area (TPSA) is 33.1 Å². The number of aryl methyl sites for hydroxylation is 1. The highest BCUT2D eigenvalue weighted by Gasteiger charge is 2.20. The van der Waals surface area contributed by atoms with Crippen molar-refractivity contribution in [2.45, 2.75) is 37.5 Å². The fraction of sp³-hybridized carbons (Fsp3) is 0.233. The molecule has 2 nitrogen and oxygen atoms in total. The number of fused-ring (bicyclic) bond motifs is 1. The molecule has 1 N–H and O–H groups in total. The van der Waals surface area contributed by atoms with Gasteiger partial charge in [0.05, 0.1) is 16.8 Å². The van der Waals surface area contributed by atoms with Crippen molar-refractivity contribution < 1.29 is 5.11 Å². The smallest absolute Gasteiger partial charge is 0.0843 e. The van der Waals surface area contributed by atoms with E-state index in [1.54, 1.807) is 0 Å². The van der Waals surface area contributed by atoms with Gasteiger partial charge in [-0.1, -0.05) is 78.3 Å². The first kappa shape index (κ1) is 24.5. The lowest BCUT2D eigenvalue weighted by molar-refractivity contribution is 0.0776. The molecule has 0 amide bonds. The third kappa shape index (κ3) is 6.09. The predicted molar refractivity (Wildman–Crippen MR) is 148 cm³/mol. The summed E-state index contributed by atoms with van der Waals surface area (Å²) in [4.78, 5) is 4.72. The predicted octanol–water partition coefficient (Wildman–Crippen LogP) is 8.32. The second-order valence-corrected chi connectivity index (χ2v) is 10.5. The average molecular weight is 488 g/mol. The molecule has 0 radical (unpaired) electrons. The Bertz CT molecular complexity index is 1310. The maximum Gasteiger partial charge on any atom is 0.0843 e. The molecule has 0 spiro atoms. The third-order valence-corrected chi connectivity index (χ3v) is 7.35. The van der Waals surface area contributed by atoms with Gasteiger partial charge in [-0.3, -0.25) is 0 Å². The lowest BCUT2D eigenvalue weighted by Gasteiger charge is -2.23. The van der Waals surface area contributed by atoms with Crippen LogP contribution in [0.4, 0.5) is 0 Å². The van der Waals surface area contributed by atoms with E-state index < -0.39 is 5.60 Å². The molecule has 1 heterocycles. The number of benzene rings is 3. The van der Waals surface area contributed by atoms with Crippen molar-refractivity contribution in [2.24, 2.45) is 0 Å². The van der Waals surface area contributed by atoms with Crippen LogP contribution in [0.1, 0.15) is 53.5 Å². The number of hydrogen-bond donors (Lipinski definition) is 1. The number of nitrogens with zero attached hydrogens (tertiary/aromatic N) is 1. The lowest BCUT2D eigenvalue weighted by Crippen LogP contribution is -2.18. The van der Waals surface area contributed by atoms with Crippen LogP contribution in [0.15, 0.2) is 78.9 Å². The molecule has 0 aliphatic heterocycles. The molecule has 1 aromatic heterocycles. The molecule has 4 heteroatoms. The Hall–Kier alpha value is -2.59. The summed E-state index contributed by atoms with van der Waals surface area (Å²) >= 11 is 8.00. The van der Waals surface area contributed by atoms with Crippen molar-refractivity contribution in [2.75, 3.05) is 6.26 Å². The van der Waals surface area contributed by atoms with Gasteiger partial charge in [-0.2, -0.15) is 11.8 Å². The zero-order valence-corrected chi connectivity index (χ0v) is 21.4. The fourth-order valence-electron chi connectivity index (χ4n) is 4.29. The molecule has 0 fully saturated rings. The first-order valence-corrected chi connectivity index (χ1v) is 13.2. The summed E-state index contributed by atoms with van der Waals surface area (Å²) in [6.45, 7) is 3.71. The second kappa shape index (κ2) is 10.8. The van der Waals surface area contributed by atoms with Gasteiger partial charge >= 0.3 is 0 Å². The lowest BCUT2D eigenvalue weighted by atomic mass is 9.90. The van der Waals surface area contributed by atoms with Crippen LogP contribution in [0, 0.1) is 0 Å². The standard InChI is InChI=1S/C30H30ClNOS/c1-30(2,33)27-10-5-4-8-22(27)14-18-29(34-3)24-9-6-7-21(19-24)11-16-26-17-13-23-12-15-25(31)20-28(23)32-26/h4-13,15-17,19-20,29,33H,14,18H2,1-3H3/b16-11+/t29-/m1/s1. The first-order valence-electron chi connectivity index (χ1n) is 11.5. The highest BCUT2D eigenvalue weighted by Crippen LogP contribution is 2.34. The van der Waals surface area contributed by atoms with Crippen molar-refractivity contribution in [3.63, 3.8) is 0 Å². The monoisotopic (exact) mass is 487 g/mol. The minimum absolute atomic E-state index is 0.379. The number of halogens is 1. The molecule has 0 unspecified atom stereocenters. The summed E-state index contributed by atoms with van der Waals surface area (Å²) < 4.78 is 0. The van der Waals surface area contributed by atoms with Crippen molar-refractivity contribution in [1.82, 2.24) is 4.98 Å². The number of rotatable bonds is 8. The van der Waals surface area contributed by atoms with Gasteiger partial charge in [0.1, 0.15) is 0 Å². The minimum Gasteiger partial charge on any atom is -0.386 e. The highest BCUT2D eigenvalue weighted by molar-refractivity contribution is 7.98. The van der Waals surface area contributed by atoms with E-state index in [-0.39, 0.29) is 0 Å². The average Bonchev–Trinajstić information content (AvgIpc) is 2.83. The van der Waals surface area contributed by atoms with Gasteiger partial charge in [0.2, 0.25) is 0 Å². The molecule has 1 atom stereocenters. The van der Waals surface area contributed by atoms with Crippen LogP contribution < -0.4 is 0 Å². The molecular formula is C30H30ClNOS. The van der Waals surface area contributed by atoms with Crippen LogP contribution in [0.2, 0.25) is 5.02 Å². The van der Waals surface area contributed by atoms with E-state index in [4.69, 9.17) is 16.6 Å². The SMILES string of the molecule is CS[C@H](CCc1ccccc1C(C)(C)O)c1cccc(/C=C/c2ccc3ccc(Cl)cc3n2)c1. The van der Waals surface area contributed by atoms with Crippen LogP contribution in [0.25, 0.3) is 23.1 Å². The summed E-state index contributed by atoms with van der Waals surface area (Å²) in [6, 6.07) is 26.8. The Balaban J connectivity index is 1.50. The largest absolute Gasteiger partial charge is 0.386 e. The number of hydrogen-bond acceptors (Lipinski definition) is 3. The Kier molecular flexibility index (Phi) is 7.77. The summed E-state index contributed by atoms with van der Waals surface area (Å²) in [5.74, 6) is 0. The fourth-order valence-corrected chi connectivity index (χ4v) is 5.22. The maximum absolute atomic E-state index is 10.5. The van der Waals surface area contributed by atoms with Crippen LogP contribution in [0.3, 0.4) is 0 Å². The van der Waals surface area contributed by atoms with Crippen molar-refractivity contribution >= 4 is 46.4 Å². The van der Waals surface area contributed by atoms with Gasteiger partial charge in [0, 0.05) is 15.7 Å². The quantitative estimate of drug-likeness (QED) is 0.271. The van der Waals surface area contributed by atoms with Crippen molar-refractivity contribution in [3.05, 3.63) is 112 Å². The van der Waals surface area contributed by atoms with E-state index in [0.717, 1.165) is 40.6 Å². The Labute approximate surface area is 211 Å². The summed E-state index contributed by atoms with van der Waals surface area (Å²) in [7, 11) is 0. The normalized spacial score (nSPS) is 13.0. The highest BCUT2D eigenvalue weighted by atomic mass is 35.5. The molecule has 0 aliphatic rings. The van der Waals surface area contributed by atoms with Gasteiger partial charge < -0.3 is 5.11 Å². The Morgan fingerprint density at radius 1 is 0.971 bits per heavy atom. The summed E-state index contributed by atoms with van der Waals surface area (Å²) in [6.07, 6.45) is 8.26. The minimum atomic E-state index is -0.835. The van der Waals surface area contributed by atoms with Gasteiger partial charge in [-0.05, 0) is 79.5 Å². The van der Waals surface area contributed by atoms with E-state index in [1.807, 2.05) is 68.1 Å². The molecule has 4 aromatic rings. The zero-order valence-electron chi connectivity index (χ0n) is 19.8. The third-order valence-electron chi connectivity index (χ3n) is 6.04. The number of aliphatic hydroxyl groups is 1. The van der Waals surface area contributed by atoms with Gasteiger partial charge in [-0.25, -0.2) is 4.98 Å². The van der Waals surface area contributed by atoms with E-state index in [1.165, 1.54) is 11.1 Å². The van der Waals surface area contributed by atoms with Crippen LogP contribution in [-0.4, -0.2) is 16.3 Å². The first-order chi connectivity index (χ1) is 16.3. The van der Waals surface area contributed by atoms with Gasteiger partial charge in [0.15, 0.2) is 0 Å². The molecule has 34 heavy (non-hydrogen) atoms. The molecule has 4 rings (SSSR count). The molecule has 0 bridgehead atoms. The second-order valence-electron chi connectivity index (χ2n) is 9.06. The zero-order chi connectivity index (χ0) is 24.1. The van der Waals surface area contributed by atoms with Crippen LogP contribution in [-0.2, 0) is 12.0 Å². The maximum atomic E-state index is 10.5. The number of aromatic nitrogens is 1. The number of pyridine rings is 1. The Morgan fingerprint density at radius 3 is 2.56 bits per heavy atom. The summed E-state index contributed by atoms with van der Waals surface area (Å²) in [5.41, 5.74) is 5.67. The van der Waals surface area contributed by atoms with Crippen LogP contribution >= 0.6 is 23.4 Å². The Morgan fingerprint density at radius 2 is 1.76 bits per heavy atom. The van der Waals surface area contributed by atoms with Crippen LogP contribution in [0.5, 0.6) is 0 Å². The number of thioether (sulfide) groups is 1.